The fourth-order valence-electron chi connectivity index (χ4n) is 12.6. The Balaban J connectivity index is 0.000000226. The number of aliphatic hydroxyl groups is 1. The number of unbranched alkanes of at least 4 members (excludes halogenated alkanes) is 3. The van der Waals surface area contributed by atoms with E-state index in [1.807, 2.05) is 48.5 Å². The van der Waals surface area contributed by atoms with Gasteiger partial charge in [0.05, 0.1) is 63.1 Å². The van der Waals surface area contributed by atoms with E-state index in [2.05, 4.69) is 85.7 Å². The van der Waals surface area contributed by atoms with Gasteiger partial charge < -0.3 is 91.6 Å². The molecule has 4 aromatic carbocycles. The van der Waals surface area contributed by atoms with Crippen LogP contribution in [0, 0.1) is 0 Å². The van der Waals surface area contributed by atoms with Crippen LogP contribution in [0.25, 0.3) is 22.3 Å². The van der Waals surface area contributed by atoms with Crippen LogP contribution in [0.4, 0.5) is 19.2 Å². The molecule has 0 aromatic heterocycles. The molecule has 3 fully saturated rings. The van der Waals surface area contributed by atoms with Gasteiger partial charge in [0.25, 0.3) is 0 Å². The van der Waals surface area contributed by atoms with Gasteiger partial charge in [-0.25, -0.2) is 36.0 Å². The van der Waals surface area contributed by atoms with E-state index >= 15 is 0 Å². The van der Waals surface area contributed by atoms with Crippen LogP contribution in [0.3, 0.4) is 0 Å². The fraction of sp³-hybridized carbons (Fsp3) is 0.548. The highest BCUT2D eigenvalue weighted by molar-refractivity contribution is 7.99. The Morgan fingerprint density at radius 1 is 0.509 bits per heavy atom. The summed E-state index contributed by atoms with van der Waals surface area (Å²) in [6.07, 6.45) is 2.47. The normalized spacial score (nSPS) is 16.0. The summed E-state index contributed by atoms with van der Waals surface area (Å²) in [5, 5.41) is 27.7. The van der Waals surface area contributed by atoms with E-state index in [1.165, 1.54) is 32.1 Å². The number of nitrogens with one attached hydrogen (secondary N) is 7. The molecule has 9 rings (SSSR count). The molecule has 0 radical (unpaired) electrons. The van der Waals surface area contributed by atoms with Gasteiger partial charge >= 0.3 is 24.4 Å². The second-order valence-electron chi connectivity index (χ2n) is 25.9. The first-order valence-corrected chi connectivity index (χ1v) is 41.3. The summed E-state index contributed by atoms with van der Waals surface area (Å²) in [6.45, 7) is 6.96. The van der Waals surface area contributed by atoms with Crippen molar-refractivity contribution in [3.63, 3.8) is 0 Å². The molecule has 32 nitrogen and oxygen atoms in total. The number of ether oxygens (including phenoxy) is 6. The van der Waals surface area contributed by atoms with Crippen LogP contribution in [0.2, 0.25) is 0 Å². The lowest BCUT2D eigenvalue weighted by Crippen LogP contribution is -2.49. The number of amides is 9. The number of carbonyl (C=O) groups excluding carboxylic acids is 9. The smallest absolute Gasteiger partial charge is 0.407 e. The second-order valence-corrected chi connectivity index (χ2v) is 31.3. The van der Waals surface area contributed by atoms with Gasteiger partial charge in [0.2, 0.25) is 29.5 Å². The zero-order valence-electron chi connectivity index (χ0n) is 61.3. The Morgan fingerprint density at radius 2 is 0.944 bits per heavy atom. The van der Waals surface area contributed by atoms with Crippen molar-refractivity contribution in [1.29, 1.82) is 0 Å². The molecule has 12 N–H and O–H groups in total. The van der Waals surface area contributed by atoms with Crippen LogP contribution < -0.4 is 48.7 Å². The number of nitrogens with zero attached hydrogens (tertiary/aromatic N) is 3. The maximum Gasteiger partial charge on any atom is 0.407 e. The molecule has 594 valence electrons. The number of nitrogens with two attached hydrogens (primary N) is 2. The first-order valence-electron chi connectivity index (χ1n) is 36.5. The number of fused-ring (bicyclic) bond motifs is 6. The summed E-state index contributed by atoms with van der Waals surface area (Å²) in [7, 11) is -6.48. The third-order valence-electron chi connectivity index (χ3n) is 18.1. The Kier molecular flexibility index (Phi) is 36.3. The van der Waals surface area contributed by atoms with Crippen LogP contribution in [0.5, 0.6) is 0 Å². The summed E-state index contributed by atoms with van der Waals surface area (Å²) in [6, 6.07) is 29.6. The maximum absolute atomic E-state index is 12.8. The van der Waals surface area contributed by atoms with Crippen molar-refractivity contribution in [2.75, 3.05) is 147 Å². The predicted molar refractivity (Wildman–Crippen MR) is 404 cm³/mol. The Hall–Kier alpha value is -8.68. The van der Waals surface area contributed by atoms with E-state index < -0.39 is 74.1 Å². The van der Waals surface area contributed by atoms with Gasteiger partial charge in [-0.15, -0.1) is 11.8 Å². The summed E-state index contributed by atoms with van der Waals surface area (Å²) in [5.74, 6) is -0.745. The van der Waals surface area contributed by atoms with Gasteiger partial charge in [-0.05, 0) is 116 Å². The zero-order valence-corrected chi connectivity index (χ0v) is 63.7. The highest BCUT2D eigenvalue weighted by Crippen LogP contribution is 2.46. The monoisotopic (exact) mass is 1560 g/mol. The highest BCUT2D eigenvalue weighted by atomic mass is 32.2. The van der Waals surface area contributed by atoms with E-state index in [4.69, 9.17) is 45.0 Å². The van der Waals surface area contributed by atoms with Crippen LogP contribution >= 0.6 is 11.8 Å². The number of rotatable bonds is 38. The largest absolute Gasteiger partial charge is 0.450 e. The minimum Gasteiger partial charge on any atom is -0.450 e. The molecule has 108 heavy (non-hydrogen) atoms. The number of thioether (sulfide) groups is 1. The number of alkyl carbamates (subject to hydrolysis) is 4. The molecule has 3 heterocycles. The van der Waals surface area contributed by atoms with E-state index in [9.17, 15) is 60.0 Å². The topological polar surface area (TPSA) is 443 Å². The van der Waals surface area contributed by atoms with E-state index in [1.54, 1.807) is 30.5 Å². The minimum absolute atomic E-state index is 0.0209. The van der Waals surface area contributed by atoms with E-state index in [0.717, 1.165) is 28.0 Å². The van der Waals surface area contributed by atoms with Crippen molar-refractivity contribution >= 4 is 85.3 Å². The van der Waals surface area contributed by atoms with Gasteiger partial charge in [-0.3, -0.25) is 29.3 Å². The summed E-state index contributed by atoms with van der Waals surface area (Å²) >= 11 is 1.70. The highest BCUT2D eigenvalue weighted by Gasteiger charge is 2.36. The van der Waals surface area contributed by atoms with Crippen molar-refractivity contribution in [1.82, 2.24) is 51.9 Å². The molecule has 4 atom stereocenters. The summed E-state index contributed by atoms with van der Waals surface area (Å²) in [4.78, 5) is 114. The number of carbonyl (C=O) groups is 9. The SMILES string of the molecule is CCOC(=O)NC(CCCCNC(=O)OCC1c2ccccc2-c2ccccc21)C(=O)N1CCS(=O)(=O)C1.CCOC(=O)NC(CCCCNC(=O)OCC1c2ccccc2-c2ccccc21)C(=O)N1CCSC1.NCN[C@@H](CO)C(=O)NCCOCCOCC(=O)NCCCCC(N)C(=O)N1CCS(=O)(=O)C1. The average molecular weight is 1570 g/mol. The first-order chi connectivity index (χ1) is 52.1. The molecule has 3 unspecified atom stereocenters. The summed E-state index contributed by atoms with van der Waals surface area (Å²) < 4.78 is 77.8. The van der Waals surface area contributed by atoms with Crippen LogP contribution in [0.1, 0.15) is 106 Å². The number of hydrogen-bond acceptors (Lipinski definition) is 24. The van der Waals surface area contributed by atoms with Gasteiger partial charge in [0, 0.05) is 70.1 Å². The summed E-state index contributed by atoms with van der Waals surface area (Å²) in [5.41, 5.74) is 20.4. The minimum atomic E-state index is -3.30. The Bertz CT molecular complexity index is 3760. The molecule has 4 aromatic rings. The predicted octanol–water partition coefficient (Wildman–Crippen LogP) is 3.20. The molecule has 9 amide bonds. The van der Waals surface area contributed by atoms with E-state index in [0.29, 0.717) is 83.4 Å². The molecule has 5 aliphatic rings. The number of hydrogen-bond donors (Lipinski definition) is 10. The van der Waals surface area contributed by atoms with Crippen LogP contribution in [-0.2, 0) is 72.1 Å². The molecule has 3 saturated heterocycles. The van der Waals surface area contributed by atoms with Crippen molar-refractivity contribution < 1.29 is 93.5 Å². The molecular weight excluding hydrogens is 1460 g/mol. The quantitative estimate of drug-likeness (QED) is 0.0175. The maximum atomic E-state index is 12.8. The fourth-order valence-corrected chi connectivity index (χ4v) is 16.3. The van der Waals surface area contributed by atoms with Crippen molar-refractivity contribution in [2.45, 2.75) is 108 Å². The second kappa shape index (κ2) is 45.3. The third-order valence-corrected chi connectivity index (χ3v) is 22.1. The van der Waals surface area contributed by atoms with Gasteiger partial charge in [0.1, 0.15) is 49.7 Å². The number of sulfone groups is 2. The van der Waals surface area contributed by atoms with Crippen LogP contribution in [-0.4, -0.2) is 262 Å². The standard InChI is InChI=1S/C27H33N3O7S.C27H33N3O5S.C19H38N6O8S/c1-2-36-27(33)29-24(25(31)30-15-16-38(34,35)18-30)13-7-8-14-28-26(32)37-17-23-21-11-5-3-9-19(21)20-10-4-6-12-22(20)23;1-2-34-27(33)29-24(25(31)30-15-16-36-18-30)13-7-8-14-28-26(32)35-17-23-21-11-5-3-9-19(21)20-10-4-6-12-22(20)23;20-13-24-16(11-26)18(28)23-5-7-32-8-9-33-12-17(27)22-4-2-1-3-15(21)19(29)25-6-10-34(30,31)14-25/h3-6,9-12,23-24H,2,7-8,13-18H2,1H3,(H,28,32)(H,29,33);3-6,9-12,23-24H,2,7-8,13-18H2,1H3,(H,28,32)(H,29,33);15-16,24,26H,1-14,20-21H2,(H,22,27)(H,23,28)/t;;15?,16-/m..0/s1. The molecule has 3 aliphatic heterocycles. The molecule has 0 bridgehead atoms. The van der Waals surface area contributed by atoms with Crippen molar-refractivity contribution in [3.8, 4) is 22.3 Å². The molecule has 0 spiro atoms. The lowest BCUT2D eigenvalue weighted by atomic mass is 9.98. The molecule has 2 aliphatic carbocycles. The van der Waals surface area contributed by atoms with Gasteiger partial charge in [-0.1, -0.05) is 97.1 Å². The van der Waals surface area contributed by atoms with Gasteiger partial charge in [0.15, 0.2) is 19.7 Å². The zero-order chi connectivity index (χ0) is 77.9. The third kappa shape index (κ3) is 27.8. The number of aliphatic hydroxyl groups excluding tert-OH is 1. The Labute approximate surface area is 635 Å². The van der Waals surface area contributed by atoms with Crippen molar-refractivity contribution in [3.05, 3.63) is 119 Å². The molecule has 35 heteroatoms. The van der Waals surface area contributed by atoms with Crippen molar-refractivity contribution in [2.24, 2.45) is 11.5 Å². The molecular formula is C73H104N12O20S3. The average Bonchev–Trinajstić information content (AvgIpc) is 1.62. The van der Waals surface area contributed by atoms with E-state index in [-0.39, 0.29) is 151 Å². The lowest BCUT2D eigenvalue weighted by molar-refractivity contribution is -0.132. The molecule has 0 saturated carbocycles. The first kappa shape index (κ1) is 86.6. The lowest BCUT2D eigenvalue weighted by Gasteiger charge is -2.23. The van der Waals surface area contributed by atoms with Crippen LogP contribution in [0.15, 0.2) is 97.1 Å². The number of benzene rings is 4. The Morgan fingerprint density at radius 3 is 1.37 bits per heavy atom. The van der Waals surface area contributed by atoms with Gasteiger partial charge in [-0.2, -0.15) is 0 Å².